The molecule has 0 saturated carbocycles. The van der Waals surface area contributed by atoms with Crippen LogP contribution in [-0.4, -0.2) is 29.1 Å². The third-order valence-corrected chi connectivity index (χ3v) is 5.25. The Kier molecular flexibility index (Phi) is 4.72. The number of nitrogens with one attached hydrogen (secondary N) is 1. The molecule has 3 aromatic rings. The van der Waals surface area contributed by atoms with Crippen LogP contribution in [0.4, 0.5) is 11.5 Å². The molecule has 0 bridgehead atoms. The number of rotatable bonds is 3. The Bertz CT molecular complexity index is 956. The van der Waals surface area contributed by atoms with Crippen LogP contribution in [0.25, 0.3) is 10.9 Å². The second-order valence-electron chi connectivity index (χ2n) is 6.44. The molecule has 0 unspecified atom stereocenters. The van der Waals surface area contributed by atoms with Crippen molar-refractivity contribution in [2.75, 3.05) is 23.3 Å². The minimum Gasteiger partial charge on any atom is -0.382 e. The van der Waals surface area contributed by atoms with Crippen molar-refractivity contribution < 1.29 is 0 Å². The molecule has 0 amide bonds. The fourth-order valence-electron chi connectivity index (χ4n) is 3.36. The van der Waals surface area contributed by atoms with Crippen LogP contribution in [0.15, 0.2) is 53.3 Å². The normalized spacial score (nSPS) is 15.0. The first-order valence-electron chi connectivity index (χ1n) is 8.65. The maximum absolute atomic E-state index is 8.89. The standard InChI is InChI=1S/C20H18BrN5/c21-15-2-3-18-17(11-15)19(5-8-23-18)25-16-6-9-26(10-7-16)20-4-1-14(12-22)13-24-20/h1-5,8,11,13,16H,6-7,9-10H2,(H,23,25). The lowest BCUT2D eigenvalue weighted by atomic mass is 10.0. The minimum atomic E-state index is 0.425. The highest BCUT2D eigenvalue weighted by atomic mass is 79.9. The first-order chi connectivity index (χ1) is 12.7. The number of fused-ring (bicyclic) bond motifs is 1. The monoisotopic (exact) mass is 407 g/mol. The molecule has 2 aromatic heterocycles. The highest BCUT2D eigenvalue weighted by molar-refractivity contribution is 9.10. The van der Waals surface area contributed by atoms with E-state index in [4.69, 9.17) is 5.26 Å². The molecular formula is C20H18BrN5. The van der Waals surface area contributed by atoms with Gasteiger partial charge in [-0.15, -0.1) is 0 Å². The Labute approximate surface area is 160 Å². The van der Waals surface area contributed by atoms with Gasteiger partial charge in [-0.3, -0.25) is 4.98 Å². The molecule has 1 fully saturated rings. The summed E-state index contributed by atoms with van der Waals surface area (Å²) in [6, 6.07) is 14.5. The van der Waals surface area contributed by atoms with Crippen LogP contribution in [-0.2, 0) is 0 Å². The molecule has 1 N–H and O–H groups in total. The quantitative estimate of drug-likeness (QED) is 0.698. The highest BCUT2D eigenvalue weighted by Gasteiger charge is 2.20. The van der Waals surface area contributed by atoms with Crippen molar-refractivity contribution in [1.29, 1.82) is 5.26 Å². The molecule has 1 aliphatic rings. The minimum absolute atomic E-state index is 0.425. The summed E-state index contributed by atoms with van der Waals surface area (Å²) in [5.41, 5.74) is 2.73. The number of aromatic nitrogens is 2. The van der Waals surface area contributed by atoms with Crippen LogP contribution in [0.5, 0.6) is 0 Å². The van der Waals surface area contributed by atoms with Crippen LogP contribution in [0.3, 0.4) is 0 Å². The van der Waals surface area contributed by atoms with Gasteiger partial charge in [0.05, 0.1) is 11.1 Å². The molecule has 1 saturated heterocycles. The summed E-state index contributed by atoms with van der Waals surface area (Å²) in [7, 11) is 0. The number of benzene rings is 1. The van der Waals surface area contributed by atoms with Crippen LogP contribution in [0, 0.1) is 11.3 Å². The van der Waals surface area contributed by atoms with E-state index in [1.54, 1.807) is 6.20 Å². The van der Waals surface area contributed by atoms with Crippen LogP contribution in [0.2, 0.25) is 0 Å². The molecule has 4 rings (SSSR count). The van der Waals surface area contributed by atoms with Crippen molar-refractivity contribution in [3.63, 3.8) is 0 Å². The van der Waals surface area contributed by atoms with E-state index in [2.05, 4.69) is 48.3 Å². The zero-order valence-electron chi connectivity index (χ0n) is 14.2. The first-order valence-corrected chi connectivity index (χ1v) is 9.44. The summed E-state index contributed by atoms with van der Waals surface area (Å²) in [4.78, 5) is 11.1. The molecule has 0 radical (unpaired) electrons. The Morgan fingerprint density at radius 3 is 2.69 bits per heavy atom. The lowest BCUT2D eigenvalue weighted by Crippen LogP contribution is -2.39. The zero-order valence-corrected chi connectivity index (χ0v) is 15.8. The lowest BCUT2D eigenvalue weighted by Gasteiger charge is -2.33. The average molecular weight is 408 g/mol. The number of nitrogens with zero attached hydrogens (tertiary/aromatic N) is 4. The SMILES string of the molecule is N#Cc1ccc(N2CCC(Nc3ccnc4ccc(Br)cc34)CC2)nc1. The molecule has 1 aromatic carbocycles. The molecule has 130 valence electrons. The predicted octanol–water partition coefficient (Wildman–Crippen LogP) is 4.34. The topological polar surface area (TPSA) is 64.8 Å². The number of hydrogen-bond donors (Lipinski definition) is 1. The van der Waals surface area contributed by atoms with Gasteiger partial charge in [-0.05, 0) is 49.2 Å². The van der Waals surface area contributed by atoms with Gasteiger partial charge in [0.25, 0.3) is 0 Å². The lowest BCUT2D eigenvalue weighted by molar-refractivity contribution is 0.524. The van der Waals surface area contributed by atoms with E-state index in [9.17, 15) is 0 Å². The fraction of sp³-hybridized carbons (Fsp3) is 0.250. The molecule has 0 atom stereocenters. The highest BCUT2D eigenvalue weighted by Crippen LogP contribution is 2.27. The number of piperidine rings is 1. The summed E-state index contributed by atoms with van der Waals surface area (Å²) in [5, 5.41) is 13.7. The van der Waals surface area contributed by atoms with Gasteiger partial charge in [-0.1, -0.05) is 15.9 Å². The molecule has 26 heavy (non-hydrogen) atoms. The molecule has 3 heterocycles. The molecule has 0 aliphatic carbocycles. The molecule has 5 nitrogen and oxygen atoms in total. The number of halogens is 1. The smallest absolute Gasteiger partial charge is 0.128 e. The van der Waals surface area contributed by atoms with Crippen molar-refractivity contribution in [2.45, 2.75) is 18.9 Å². The number of nitriles is 1. The van der Waals surface area contributed by atoms with E-state index in [1.165, 1.54) is 0 Å². The summed E-state index contributed by atoms with van der Waals surface area (Å²) < 4.78 is 1.06. The number of anilines is 2. The van der Waals surface area contributed by atoms with Crippen molar-refractivity contribution in [3.8, 4) is 6.07 Å². The summed E-state index contributed by atoms with van der Waals surface area (Å²) in [6.07, 6.45) is 5.58. The van der Waals surface area contributed by atoms with E-state index in [0.717, 1.165) is 52.8 Å². The van der Waals surface area contributed by atoms with E-state index < -0.39 is 0 Å². The fourth-order valence-corrected chi connectivity index (χ4v) is 3.72. The number of pyridine rings is 2. The predicted molar refractivity (Wildman–Crippen MR) is 107 cm³/mol. The maximum Gasteiger partial charge on any atom is 0.128 e. The molecule has 1 aliphatic heterocycles. The van der Waals surface area contributed by atoms with Gasteiger partial charge in [-0.2, -0.15) is 5.26 Å². The third kappa shape index (κ3) is 3.49. The third-order valence-electron chi connectivity index (χ3n) is 4.76. The van der Waals surface area contributed by atoms with E-state index in [1.807, 2.05) is 36.5 Å². The van der Waals surface area contributed by atoms with Crippen LogP contribution < -0.4 is 10.2 Å². The number of hydrogen-bond acceptors (Lipinski definition) is 5. The Hall–Kier alpha value is -2.65. The van der Waals surface area contributed by atoms with Crippen molar-refractivity contribution in [3.05, 3.63) is 58.8 Å². The largest absolute Gasteiger partial charge is 0.382 e. The van der Waals surface area contributed by atoms with Gasteiger partial charge < -0.3 is 10.2 Å². The van der Waals surface area contributed by atoms with Crippen molar-refractivity contribution in [1.82, 2.24) is 9.97 Å². The van der Waals surface area contributed by atoms with E-state index >= 15 is 0 Å². The van der Waals surface area contributed by atoms with Gasteiger partial charge in [0.1, 0.15) is 11.9 Å². The van der Waals surface area contributed by atoms with Gasteiger partial charge in [0.2, 0.25) is 0 Å². The maximum atomic E-state index is 8.89. The van der Waals surface area contributed by atoms with Gasteiger partial charge >= 0.3 is 0 Å². The van der Waals surface area contributed by atoms with E-state index in [-0.39, 0.29) is 0 Å². The Morgan fingerprint density at radius 1 is 1.12 bits per heavy atom. The summed E-state index contributed by atoms with van der Waals surface area (Å²) >= 11 is 3.55. The summed E-state index contributed by atoms with van der Waals surface area (Å²) in [6.45, 7) is 1.90. The Balaban J connectivity index is 1.44. The van der Waals surface area contributed by atoms with Gasteiger partial charge in [0.15, 0.2) is 0 Å². The summed E-state index contributed by atoms with van der Waals surface area (Å²) in [5.74, 6) is 0.945. The molecular weight excluding hydrogens is 390 g/mol. The Morgan fingerprint density at radius 2 is 1.96 bits per heavy atom. The van der Waals surface area contributed by atoms with E-state index in [0.29, 0.717) is 11.6 Å². The second-order valence-corrected chi connectivity index (χ2v) is 7.36. The second kappa shape index (κ2) is 7.30. The van der Waals surface area contributed by atoms with Crippen molar-refractivity contribution >= 4 is 38.3 Å². The molecule has 0 spiro atoms. The molecule has 6 heteroatoms. The van der Waals surface area contributed by atoms with Crippen molar-refractivity contribution in [2.24, 2.45) is 0 Å². The zero-order chi connectivity index (χ0) is 17.9. The average Bonchev–Trinajstić information content (AvgIpc) is 2.69. The van der Waals surface area contributed by atoms with Crippen LogP contribution in [0.1, 0.15) is 18.4 Å². The van der Waals surface area contributed by atoms with Gasteiger partial charge in [0, 0.05) is 47.1 Å². The van der Waals surface area contributed by atoms with Gasteiger partial charge in [-0.25, -0.2) is 4.98 Å². The first kappa shape index (κ1) is 16.8. The van der Waals surface area contributed by atoms with Crippen LogP contribution >= 0.6 is 15.9 Å².